The van der Waals surface area contributed by atoms with Gasteiger partial charge in [-0.2, -0.15) is 13.1 Å². The van der Waals surface area contributed by atoms with Crippen LogP contribution in [0.1, 0.15) is 5.56 Å². The SMILES string of the molecule is Cc1ccc(NS(=O)(=O)c2ccc(N)cc2)[nH+]c1. The van der Waals surface area contributed by atoms with Gasteiger partial charge in [0.15, 0.2) is 0 Å². The highest BCUT2D eigenvalue weighted by atomic mass is 32.2. The molecule has 5 nitrogen and oxygen atoms in total. The normalized spacial score (nSPS) is 11.2. The lowest BCUT2D eigenvalue weighted by molar-refractivity contribution is -0.360. The van der Waals surface area contributed by atoms with E-state index in [2.05, 4.69) is 9.71 Å². The highest BCUT2D eigenvalue weighted by molar-refractivity contribution is 7.92. The summed E-state index contributed by atoms with van der Waals surface area (Å²) in [7, 11) is -3.58. The molecule has 0 aliphatic rings. The number of nitrogens with one attached hydrogen (secondary N) is 2. The maximum absolute atomic E-state index is 12.0. The van der Waals surface area contributed by atoms with Crippen molar-refractivity contribution in [3.8, 4) is 0 Å². The molecule has 0 fully saturated rings. The molecule has 6 heteroatoms. The Bertz CT molecular complexity index is 634. The zero-order valence-corrected chi connectivity index (χ0v) is 10.7. The smallest absolute Gasteiger partial charge is 0.328 e. The molecule has 1 aromatic heterocycles. The van der Waals surface area contributed by atoms with Crippen LogP contribution in [0.3, 0.4) is 0 Å². The van der Waals surface area contributed by atoms with Crippen molar-refractivity contribution in [3.05, 3.63) is 48.2 Å². The molecule has 0 spiro atoms. The summed E-state index contributed by atoms with van der Waals surface area (Å²) in [6, 6.07) is 9.51. The number of aromatic nitrogens is 1. The first-order valence-corrected chi connectivity index (χ1v) is 6.82. The maximum Gasteiger partial charge on any atom is 0.328 e. The second-order valence-electron chi connectivity index (χ2n) is 3.95. The van der Waals surface area contributed by atoms with Crippen molar-refractivity contribution < 1.29 is 13.4 Å². The first-order chi connectivity index (χ1) is 8.47. The number of nitrogen functional groups attached to an aromatic ring is 1. The minimum Gasteiger partial charge on any atom is -0.399 e. The Labute approximate surface area is 106 Å². The molecule has 0 radical (unpaired) electrons. The van der Waals surface area contributed by atoms with Crippen molar-refractivity contribution in [2.75, 3.05) is 10.5 Å². The molecule has 0 aliphatic carbocycles. The number of nitrogens with two attached hydrogens (primary N) is 1. The van der Waals surface area contributed by atoms with E-state index >= 15 is 0 Å². The molecule has 0 saturated heterocycles. The molecule has 94 valence electrons. The Hall–Kier alpha value is -2.08. The molecule has 4 N–H and O–H groups in total. The van der Waals surface area contributed by atoms with E-state index in [0.717, 1.165) is 5.56 Å². The van der Waals surface area contributed by atoms with E-state index in [4.69, 9.17) is 5.73 Å². The Morgan fingerprint density at radius 1 is 1.11 bits per heavy atom. The first kappa shape index (κ1) is 12.4. The average molecular weight is 264 g/mol. The highest BCUT2D eigenvalue weighted by Crippen LogP contribution is 2.14. The minimum atomic E-state index is -3.58. The summed E-state index contributed by atoms with van der Waals surface area (Å²) in [5.74, 6) is 0.414. The van der Waals surface area contributed by atoms with Crippen molar-refractivity contribution in [3.63, 3.8) is 0 Å². The molecule has 2 rings (SSSR count). The summed E-state index contributed by atoms with van der Waals surface area (Å²) < 4.78 is 26.5. The number of aryl methyl sites for hydroxylation is 1. The van der Waals surface area contributed by atoms with Crippen LogP contribution in [0.25, 0.3) is 0 Å². The van der Waals surface area contributed by atoms with Gasteiger partial charge in [-0.25, -0.2) is 4.98 Å². The van der Waals surface area contributed by atoms with Crippen LogP contribution >= 0.6 is 0 Å². The lowest BCUT2D eigenvalue weighted by atomic mass is 10.3. The van der Waals surface area contributed by atoms with Gasteiger partial charge >= 0.3 is 10.0 Å². The summed E-state index contributed by atoms with van der Waals surface area (Å²) in [5.41, 5.74) is 7.06. The molecule has 0 aliphatic heterocycles. The van der Waals surface area contributed by atoms with Crippen molar-refractivity contribution in [2.45, 2.75) is 11.8 Å². The van der Waals surface area contributed by atoms with Gasteiger partial charge in [0.05, 0.1) is 6.20 Å². The summed E-state index contributed by atoms with van der Waals surface area (Å²) in [4.78, 5) is 3.03. The molecule has 0 unspecified atom stereocenters. The van der Waals surface area contributed by atoms with Crippen LogP contribution in [0.15, 0.2) is 47.5 Å². The van der Waals surface area contributed by atoms with Crippen LogP contribution in [0, 0.1) is 6.92 Å². The van der Waals surface area contributed by atoms with Gasteiger partial charge in [0, 0.05) is 11.8 Å². The quantitative estimate of drug-likeness (QED) is 0.816. The monoisotopic (exact) mass is 264 g/mol. The Balaban J connectivity index is 2.27. The number of rotatable bonds is 3. The molecule has 2 aromatic rings. The standard InChI is InChI=1S/C12H13N3O2S/c1-9-2-7-12(14-8-9)15-18(16,17)11-5-3-10(13)4-6-11/h2-8H,13H2,1H3,(H,14,15)/p+1. The van der Waals surface area contributed by atoms with E-state index in [-0.39, 0.29) is 4.90 Å². The van der Waals surface area contributed by atoms with Gasteiger partial charge in [0.1, 0.15) is 4.90 Å². The number of anilines is 2. The van der Waals surface area contributed by atoms with E-state index in [1.165, 1.54) is 12.1 Å². The lowest BCUT2D eigenvalue weighted by Gasteiger charge is -2.02. The fraction of sp³-hybridized carbons (Fsp3) is 0.0833. The van der Waals surface area contributed by atoms with Crippen LogP contribution in [-0.2, 0) is 10.0 Å². The Morgan fingerprint density at radius 2 is 1.78 bits per heavy atom. The van der Waals surface area contributed by atoms with Crippen molar-refractivity contribution in [1.82, 2.24) is 0 Å². The van der Waals surface area contributed by atoms with Gasteiger partial charge in [-0.1, -0.05) is 0 Å². The molecular weight excluding hydrogens is 250 g/mol. The molecule has 0 amide bonds. The second kappa shape index (κ2) is 4.66. The number of sulfonamides is 1. The third-order valence-corrected chi connectivity index (χ3v) is 3.78. The van der Waals surface area contributed by atoms with Crippen LogP contribution in [0.5, 0.6) is 0 Å². The zero-order valence-electron chi connectivity index (χ0n) is 9.84. The fourth-order valence-corrected chi connectivity index (χ4v) is 2.45. The van der Waals surface area contributed by atoms with E-state index in [0.29, 0.717) is 11.5 Å². The molecule has 0 saturated carbocycles. The van der Waals surface area contributed by atoms with Crippen molar-refractivity contribution in [2.24, 2.45) is 0 Å². The summed E-state index contributed by atoms with van der Waals surface area (Å²) >= 11 is 0. The van der Waals surface area contributed by atoms with Crippen LogP contribution < -0.4 is 15.4 Å². The second-order valence-corrected chi connectivity index (χ2v) is 5.64. The number of pyridine rings is 1. The minimum absolute atomic E-state index is 0.172. The third kappa shape index (κ3) is 2.78. The van der Waals surface area contributed by atoms with Crippen molar-refractivity contribution >= 4 is 21.5 Å². The highest BCUT2D eigenvalue weighted by Gasteiger charge is 2.19. The molecular formula is C12H14N3O2S+. The Morgan fingerprint density at radius 3 is 2.33 bits per heavy atom. The number of benzene rings is 1. The predicted octanol–water partition coefficient (Wildman–Crippen LogP) is 1.19. The summed E-state index contributed by atoms with van der Waals surface area (Å²) in [6.07, 6.45) is 1.72. The van der Waals surface area contributed by atoms with E-state index < -0.39 is 10.0 Å². The van der Waals surface area contributed by atoms with E-state index in [9.17, 15) is 8.42 Å². The molecule has 1 heterocycles. The van der Waals surface area contributed by atoms with E-state index in [1.807, 2.05) is 13.0 Å². The fourth-order valence-electron chi connectivity index (χ4n) is 1.42. The third-order valence-electron chi connectivity index (χ3n) is 2.40. The van der Waals surface area contributed by atoms with Gasteiger partial charge in [-0.15, -0.1) is 0 Å². The van der Waals surface area contributed by atoms with Gasteiger partial charge < -0.3 is 5.73 Å². The Kier molecular flexibility index (Phi) is 3.20. The first-order valence-electron chi connectivity index (χ1n) is 5.34. The van der Waals surface area contributed by atoms with E-state index in [1.54, 1.807) is 24.4 Å². The van der Waals surface area contributed by atoms with Gasteiger partial charge in [-0.3, -0.25) is 0 Å². The molecule has 0 atom stereocenters. The lowest BCUT2D eigenvalue weighted by Crippen LogP contribution is -2.19. The number of hydrogen-bond donors (Lipinski definition) is 2. The van der Waals surface area contributed by atoms with Crippen LogP contribution in [-0.4, -0.2) is 8.42 Å². The molecule has 0 bridgehead atoms. The zero-order chi connectivity index (χ0) is 13.2. The molecule has 18 heavy (non-hydrogen) atoms. The van der Waals surface area contributed by atoms with Gasteiger partial charge in [-0.05, 0) is 42.8 Å². The maximum atomic E-state index is 12.0. The average Bonchev–Trinajstić information content (AvgIpc) is 2.32. The number of hydrogen-bond acceptors (Lipinski definition) is 3. The largest absolute Gasteiger partial charge is 0.399 e. The van der Waals surface area contributed by atoms with Gasteiger partial charge in [0.25, 0.3) is 5.82 Å². The van der Waals surface area contributed by atoms with Crippen LogP contribution in [0.4, 0.5) is 11.5 Å². The predicted molar refractivity (Wildman–Crippen MR) is 69.4 cm³/mol. The number of H-pyrrole nitrogens is 1. The summed E-state index contributed by atoms with van der Waals surface area (Å²) in [6.45, 7) is 1.91. The van der Waals surface area contributed by atoms with Crippen LogP contribution in [0.2, 0.25) is 0 Å². The van der Waals surface area contributed by atoms with Crippen molar-refractivity contribution in [1.29, 1.82) is 0 Å². The topological polar surface area (TPSA) is 86.3 Å². The summed E-state index contributed by atoms with van der Waals surface area (Å²) in [5, 5.41) is 0. The number of aromatic amines is 1. The van der Waals surface area contributed by atoms with Gasteiger partial charge in [0.2, 0.25) is 0 Å². The molecule has 1 aromatic carbocycles.